The maximum atomic E-state index is 12.8. The van der Waals surface area contributed by atoms with Gasteiger partial charge in [0.2, 0.25) is 5.78 Å². The predicted octanol–water partition coefficient (Wildman–Crippen LogP) is 1.03. The van der Waals surface area contributed by atoms with Crippen molar-refractivity contribution in [3.63, 3.8) is 0 Å². The zero-order chi connectivity index (χ0) is 21.7. The molecule has 150 valence electrons. The summed E-state index contributed by atoms with van der Waals surface area (Å²) in [4.78, 5) is 37.1. The Morgan fingerprint density at radius 2 is 1.97 bits per heavy atom. The lowest BCUT2D eigenvalue weighted by atomic mass is 10.0. The Balaban J connectivity index is 2.55. The lowest BCUT2D eigenvalue weighted by Gasteiger charge is -2.11. The topological polar surface area (TPSA) is 129 Å². The van der Waals surface area contributed by atoms with E-state index in [9.17, 15) is 19.6 Å². The fourth-order valence-corrected chi connectivity index (χ4v) is 2.57. The molecule has 0 fully saturated rings. The molecule has 1 aromatic carbocycles. The van der Waals surface area contributed by atoms with E-state index in [1.807, 2.05) is 0 Å². The first kappa shape index (κ1) is 21.2. The lowest BCUT2D eigenvalue weighted by Crippen LogP contribution is -2.41. The molecule has 0 atom stereocenters. The smallest absolute Gasteiger partial charge is 0.332 e. The number of allylic oxidation sites excluding steroid dienone is 1. The first-order valence-corrected chi connectivity index (χ1v) is 8.40. The monoisotopic (exact) mass is 396 g/mol. The van der Waals surface area contributed by atoms with Crippen molar-refractivity contribution in [2.75, 3.05) is 19.5 Å². The van der Waals surface area contributed by atoms with Crippen LogP contribution >= 0.6 is 0 Å². The molecule has 0 saturated heterocycles. The molecule has 29 heavy (non-hydrogen) atoms. The summed E-state index contributed by atoms with van der Waals surface area (Å²) in [6.45, 7) is 3.85. The van der Waals surface area contributed by atoms with Crippen molar-refractivity contribution in [3.8, 4) is 17.6 Å². The zero-order valence-corrected chi connectivity index (χ0v) is 16.3. The highest BCUT2D eigenvalue weighted by molar-refractivity contribution is 6.16. The van der Waals surface area contributed by atoms with Crippen LogP contribution < -0.4 is 26.5 Å². The number of benzene rings is 1. The number of carbonyl (C=O) groups excluding carboxylic acids is 1. The van der Waals surface area contributed by atoms with E-state index in [0.717, 1.165) is 9.13 Å². The Morgan fingerprint density at radius 1 is 1.28 bits per heavy atom. The Labute approximate surface area is 166 Å². The van der Waals surface area contributed by atoms with Crippen molar-refractivity contribution in [1.29, 1.82) is 5.26 Å². The molecule has 9 nitrogen and oxygen atoms in total. The van der Waals surface area contributed by atoms with Gasteiger partial charge in [-0.15, -0.1) is 0 Å². The van der Waals surface area contributed by atoms with Crippen LogP contribution in [0.25, 0.3) is 6.08 Å². The number of aromatic nitrogens is 2. The summed E-state index contributed by atoms with van der Waals surface area (Å²) in [5.41, 5.74) is 3.95. The number of nitriles is 1. The molecule has 1 aromatic heterocycles. The van der Waals surface area contributed by atoms with Crippen LogP contribution in [0, 0.1) is 11.3 Å². The van der Waals surface area contributed by atoms with Crippen molar-refractivity contribution in [1.82, 2.24) is 9.13 Å². The molecule has 2 aromatic rings. The molecule has 0 unspecified atom stereocenters. The van der Waals surface area contributed by atoms with Gasteiger partial charge in [-0.05, 0) is 23.8 Å². The minimum absolute atomic E-state index is 0.281. The highest BCUT2D eigenvalue weighted by atomic mass is 16.5. The third kappa shape index (κ3) is 4.11. The summed E-state index contributed by atoms with van der Waals surface area (Å²) < 4.78 is 12.4. The number of ketones is 1. The molecule has 0 amide bonds. The van der Waals surface area contributed by atoms with Gasteiger partial charge in [0.05, 0.1) is 7.11 Å². The number of hydrogen-bond acceptors (Lipinski definition) is 7. The Bertz CT molecular complexity index is 1170. The molecule has 0 aliphatic rings. The van der Waals surface area contributed by atoms with Crippen molar-refractivity contribution >= 4 is 17.7 Å². The van der Waals surface area contributed by atoms with E-state index in [1.54, 1.807) is 30.3 Å². The molecule has 0 bridgehead atoms. The number of methoxy groups -OCH3 is 1. The van der Waals surface area contributed by atoms with E-state index in [2.05, 4.69) is 6.58 Å². The van der Waals surface area contributed by atoms with Crippen LogP contribution in [0.2, 0.25) is 0 Å². The molecule has 1 heterocycles. The predicted molar refractivity (Wildman–Crippen MR) is 108 cm³/mol. The van der Waals surface area contributed by atoms with Crippen LogP contribution in [0.3, 0.4) is 0 Å². The minimum Gasteiger partial charge on any atom is -0.493 e. The van der Waals surface area contributed by atoms with Gasteiger partial charge in [0, 0.05) is 14.1 Å². The van der Waals surface area contributed by atoms with Gasteiger partial charge < -0.3 is 15.2 Å². The second-order valence-electron chi connectivity index (χ2n) is 5.97. The van der Waals surface area contributed by atoms with Gasteiger partial charge in [-0.2, -0.15) is 5.26 Å². The van der Waals surface area contributed by atoms with E-state index in [-0.39, 0.29) is 18.0 Å². The van der Waals surface area contributed by atoms with Crippen LogP contribution in [0.5, 0.6) is 11.5 Å². The zero-order valence-electron chi connectivity index (χ0n) is 16.3. The lowest BCUT2D eigenvalue weighted by molar-refractivity contribution is 0.103. The van der Waals surface area contributed by atoms with Gasteiger partial charge >= 0.3 is 5.69 Å². The maximum absolute atomic E-state index is 12.8. The number of hydrogen-bond donors (Lipinski definition) is 1. The second-order valence-corrected chi connectivity index (χ2v) is 5.97. The third-order valence-electron chi connectivity index (χ3n) is 4.16. The van der Waals surface area contributed by atoms with E-state index < -0.39 is 22.6 Å². The minimum atomic E-state index is -0.882. The Morgan fingerprint density at radius 3 is 2.55 bits per heavy atom. The number of nitrogens with two attached hydrogens (primary N) is 1. The number of rotatable bonds is 7. The fourth-order valence-electron chi connectivity index (χ4n) is 2.57. The highest BCUT2D eigenvalue weighted by Gasteiger charge is 2.23. The van der Waals surface area contributed by atoms with Gasteiger partial charge in [0.15, 0.2) is 11.5 Å². The fraction of sp³-hybridized carbons (Fsp3) is 0.200. The van der Waals surface area contributed by atoms with Crippen LogP contribution in [0.1, 0.15) is 15.9 Å². The molecule has 0 spiro atoms. The van der Waals surface area contributed by atoms with Crippen molar-refractivity contribution < 1.29 is 14.3 Å². The number of ether oxygens (including phenoxy) is 2. The van der Waals surface area contributed by atoms with Crippen LogP contribution in [0.15, 0.2) is 46.0 Å². The average molecular weight is 396 g/mol. The summed E-state index contributed by atoms with van der Waals surface area (Å²) in [7, 11) is 4.01. The van der Waals surface area contributed by atoms with Gasteiger partial charge in [-0.3, -0.25) is 18.7 Å². The van der Waals surface area contributed by atoms with Crippen molar-refractivity contribution in [2.45, 2.75) is 0 Å². The van der Waals surface area contributed by atoms with E-state index in [1.165, 1.54) is 27.3 Å². The molecule has 0 radical (unpaired) electrons. The molecule has 9 heteroatoms. The summed E-state index contributed by atoms with van der Waals surface area (Å²) >= 11 is 0. The van der Waals surface area contributed by atoms with Gasteiger partial charge in [0.25, 0.3) is 5.56 Å². The Kier molecular flexibility index (Phi) is 6.41. The molecule has 2 rings (SSSR count). The summed E-state index contributed by atoms with van der Waals surface area (Å²) in [5, 5.41) is 9.47. The largest absolute Gasteiger partial charge is 0.493 e. The van der Waals surface area contributed by atoms with Crippen LogP contribution in [-0.4, -0.2) is 28.6 Å². The summed E-state index contributed by atoms with van der Waals surface area (Å²) in [5.74, 6) is -0.337. The number of carbonyl (C=O) groups is 1. The standard InChI is InChI=1S/C20H20N4O5/c1-5-8-29-14-7-6-12(10-15(14)28-4)9-13(11-21)17(25)16-18(22)23(2)20(27)24(3)19(16)26/h5-7,9-10H,1,8,22H2,2-4H3/b13-9+. The molecule has 0 saturated carbocycles. The summed E-state index contributed by atoms with van der Waals surface area (Å²) in [6.07, 6.45) is 2.88. The van der Waals surface area contributed by atoms with Crippen LogP contribution in [0.4, 0.5) is 5.82 Å². The van der Waals surface area contributed by atoms with E-state index in [0.29, 0.717) is 17.1 Å². The van der Waals surface area contributed by atoms with Crippen LogP contribution in [-0.2, 0) is 14.1 Å². The third-order valence-corrected chi connectivity index (χ3v) is 4.16. The summed E-state index contributed by atoms with van der Waals surface area (Å²) in [6, 6.07) is 6.59. The number of nitrogen functional groups attached to an aromatic ring is 1. The molecular weight excluding hydrogens is 376 g/mol. The van der Waals surface area contributed by atoms with E-state index >= 15 is 0 Å². The Hall–Kier alpha value is -4.06. The molecular formula is C20H20N4O5. The molecule has 2 N–H and O–H groups in total. The van der Waals surface area contributed by atoms with Gasteiger partial charge in [-0.1, -0.05) is 18.7 Å². The number of anilines is 1. The molecule has 0 aliphatic carbocycles. The second kappa shape index (κ2) is 8.75. The number of nitrogens with zero attached hydrogens (tertiary/aromatic N) is 3. The SMILES string of the molecule is C=CCOc1ccc(/C=C(\C#N)C(=O)c2c(N)n(C)c(=O)n(C)c2=O)cc1OC. The van der Waals surface area contributed by atoms with Crippen molar-refractivity contribution in [2.24, 2.45) is 14.1 Å². The first-order valence-electron chi connectivity index (χ1n) is 8.40. The van der Waals surface area contributed by atoms with Gasteiger partial charge in [-0.25, -0.2) is 4.79 Å². The first-order chi connectivity index (χ1) is 13.8. The van der Waals surface area contributed by atoms with Crippen molar-refractivity contribution in [3.05, 3.63) is 68.4 Å². The normalized spacial score (nSPS) is 10.9. The molecule has 0 aliphatic heterocycles. The quantitative estimate of drug-likeness (QED) is 0.320. The average Bonchev–Trinajstić information content (AvgIpc) is 2.73. The maximum Gasteiger partial charge on any atom is 0.332 e. The van der Waals surface area contributed by atoms with E-state index in [4.69, 9.17) is 15.2 Å². The number of Topliss-reactive ketones (excluding diaryl/α,β-unsaturated/α-hetero) is 1. The highest BCUT2D eigenvalue weighted by Crippen LogP contribution is 2.29. The van der Waals surface area contributed by atoms with Gasteiger partial charge in [0.1, 0.15) is 29.6 Å².